The van der Waals surface area contributed by atoms with Crippen LogP contribution in [0.25, 0.3) is 0 Å². The molecular weight excluding hydrogens is 276 g/mol. The first-order valence-electron chi connectivity index (χ1n) is 8.27. The van der Waals surface area contributed by atoms with Crippen molar-refractivity contribution in [2.45, 2.75) is 60.0 Å². The molecule has 2 unspecified atom stereocenters. The molecule has 0 saturated carbocycles. The highest BCUT2D eigenvalue weighted by Gasteiger charge is 2.27. The van der Waals surface area contributed by atoms with Gasteiger partial charge in [-0.2, -0.15) is 0 Å². The lowest BCUT2D eigenvalue weighted by molar-refractivity contribution is 0.127. The molecule has 124 valence electrons. The minimum atomic E-state index is -0.272. The van der Waals surface area contributed by atoms with Crippen molar-refractivity contribution in [3.8, 4) is 5.75 Å². The zero-order valence-corrected chi connectivity index (χ0v) is 14.8. The van der Waals surface area contributed by atoms with Crippen molar-refractivity contribution in [2.24, 2.45) is 11.8 Å². The first-order valence-corrected chi connectivity index (χ1v) is 8.27. The van der Waals surface area contributed by atoms with Crippen molar-refractivity contribution in [1.29, 1.82) is 0 Å². The summed E-state index contributed by atoms with van der Waals surface area (Å²) in [5.74, 6) is 1.22. The predicted molar refractivity (Wildman–Crippen MR) is 90.3 cm³/mol. The van der Waals surface area contributed by atoms with E-state index in [9.17, 15) is 9.90 Å². The molecule has 0 bridgehead atoms. The Kier molecular flexibility index (Phi) is 4.71. The van der Waals surface area contributed by atoms with Gasteiger partial charge in [0.05, 0.1) is 5.69 Å². The Bertz CT molecular complexity index is 588. The molecular formula is C18H30N2O2. The molecule has 0 aliphatic carbocycles. The number of pyridine rings is 1. The maximum atomic E-state index is 12.0. The quantitative estimate of drug-likeness (QED) is 0.913. The van der Waals surface area contributed by atoms with Crippen LogP contribution in [0.1, 0.15) is 52.4 Å². The summed E-state index contributed by atoms with van der Waals surface area (Å²) in [7, 11) is 0. The summed E-state index contributed by atoms with van der Waals surface area (Å²) in [6.07, 6.45) is 1.25. The Labute approximate surface area is 133 Å². The van der Waals surface area contributed by atoms with E-state index in [1.54, 1.807) is 0 Å². The predicted octanol–water partition coefficient (Wildman–Crippen LogP) is 3.10. The van der Waals surface area contributed by atoms with Gasteiger partial charge in [0.1, 0.15) is 0 Å². The molecule has 1 aromatic heterocycles. The van der Waals surface area contributed by atoms with Crippen LogP contribution >= 0.6 is 0 Å². The highest BCUT2D eigenvalue weighted by atomic mass is 16.3. The normalized spacial score (nSPS) is 23.7. The number of rotatable bonds is 2. The molecule has 1 aromatic rings. The van der Waals surface area contributed by atoms with Crippen molar-refractivity contribution in [2.75, 3.05) is 13.1 Å². The molecule has 2 atom stereocenters. The maximum Gasteiger partial charge on any atom is 0.223 e. The summed E-state index contributed by atoms with van der Waals surface area (Å²) in [5.41, 5.74) is 1.21. The molecule has 22 heavy (non-hydrogen) atoms. The Morgan fingerprint density at radius 2 is 1.77 bits per heavy atom. The number of piperidine rings is 1. The summed E-state index contributed by atoms with van der Waals surface area (Å²) in [6.45, 7) is 15.5. The van der Waals surface area contributed by atoms with Gasteiger partial charge in [0.25, 0.3) is 0 Å². The fourth-order valence-corrected chi connectivity index (χ4v) is 4.00. The standard InChI is InChI=1S/C18H30N2O2/c1-12-7-13(2)10-19(9-12)11-15-17(22)16(21)8-14(3)20(15)18(4,5)6/h8,12-13,22H,7,9-11H2,1-6H3. The molecule has 0 spiro atoms. The van der Waals surface area contributed by atoms with Gasteiger partial charge in [0.2, 0.25) is 5.43 Å². The number of nitrogens with zero attached hydrogens (tertiary/aromatic N) is 2. The smallest absolute Gasteiger partial charge is 0.223 e. The number of aryl methyl sites for hydroxylation is 1. The minimum Gasteiger partial charge on any atom is -0.503 e. The molecule has 0 amide bonds. The van der Waals surface area contributed by atoms with E-state index in [0.717, 1.165) is 24.5 Å². The van der Waals surface area contributed by atoms with E-state index in [-0.39, 0.29) is 16.7 Å². The second-order valence-electron chi connectivity index (χ2n) is 8.09. The van der Waals surface area contributed by atoms with E-state index in [2.05, 4.69) is 44.1 Å². The van der Waals surface area contributed by atoms with E-state index < -0.39 is 0 Å². The molecule has 1 aliphatic heterocycles. The van der Waals surface area contributed by atoms with Crippen LogP contribution in [0.15, 0.2) is 10.9 Å². The molecule has 0 aromatic carbocycles. The highest BCUT2D eigenvalue weighted by molar-refractivity contribution is 5.31. The van der Waals surface area contributed by atoms with Gasteiger partial charge in [-0.15, -0.1) is 0 Å². The number of aromatic hydroxyl groups is 1. The van der Waals surface area contributed by atoms with Gasteiger partial charge in [0.15, 0.2) is 5.75 Å². The van der Waals surface area contributed by atoms with E-state index in [0.29, 0.717) is 18.4 Å². The van der Waals surface area contributed by atoms with Crippen LogP contribution in [0.4, 0.5) is 0 Å². The van der Waals surface area contributed by atoms with Crippen LogP contribution in [0.3, 0.4) is 0 Å². The van der Waals surface area contributed by atoms with E-state index >= 15 is 0 Å². The van der Waals surface area contributed by atoms with Crippen LogP contribution in [0.5, 0.6) is 5.75 Å². The van der Waals surface area contributed by atoms with Crippen molar-refractivity contribution in [1.82, 2.24) is 9.47 Å². The van der Waals surface area contributed by atoms with Gasteiger partial charge in [-0.1, -0.05) is 13.8 Å². The zero-order chi connectivity index (χ0) is 16.7. The zero-order valence-electron chi connectivity index (χ0n) is 14.8. The van der Waals surface area contributed by atoms with E-state index in [1.807, 2.05) is 6.92 Å². The van der Waals surface area contributed by atoms with Crippen LogP contribution in [0, 0.1) is 18.8 Å². The van der Waals surface area contributed by atoms with Gasteiger partial charge in [-0.3, -0.25) is 9.69 Å². The summed E-state index contributed by atoms with van der Waals surface area (Å²) in [4.78, 5) is 14.4. The average Bonchev–Trinajstić information content (AvgIpc) is 2.32. The molecule has 1 fully saturated rings. The number of hydrogen-bond acceptors (Lipinski definition) is 3. The number of aromatic nitrogens is 1. The maximum absolute atomic E-state index is 12.0. The molecule has 1 N–H and O–H groups in total. The second kappa shape index (κ2) is 6.07. The van der Waals surface area contributed by atoms with E-state index in [4.69, 9.17) is 0 Å². The third-order valence-electron chi connectivity index (χ3n) is 4.46. The largest absolute Gasteiger partial charge is 0.503 e. The molecule has 1 saturated heterocycles. The number of hydrogen-bond donors (Lipinski definition) is 1. The third kappa shape index (κ3) is 3.54. The summed E-state index contributed by atoms with van der Waals surface area (Å²) >= 11 is 0. The Balaban J connectivity index is 2.43. The molecule has 4 nitrogen and oxygen atoms in total. The summed E-state index contributed by atoms with van der Waals surface area (Å²) in [5, 5.41) is 10.4. The topological polar surface area (TPSA) is 45.5 Å². The van der Waals surface area contributed by atoms with Gasteiger partial charge in [0, 0.05) is 36.9 Å². The van der Waals surface area contributed by atoms with Gasteiger partial charge < -0.3 is 9.67 Å². The third-order valence-corrected chi connectivity index (χ3v) is 4.46. The minimum absolute atomic E-state index is 0.0913. The summed E-state index contributed by atoms with van der Waals surface area (Å²) in [6, 6.07) is 1.53. The summed E-state index contributed by atoms with van der Waals surface area (Å²) < 4.78 is 2.10. The van der Waals surface area contributed by atoms with Gasteiger partial charge in [-0.25, -0.2) is 0 Å². The fraction of sp³-hybridized carbons (Fsp3) is 0.722. The first-order chi connectivity index (χ1) is 10.1. The van der Waals surface area contributed by atoms with Gasteiger partial charge >= 0.3 is 0 Å². The van der Waals surface area contributed by atoms with Crippen molar-refractivity contribution in [3.63, 3.8) is 0 Å². The number of likely N-dealkylation sites (tertiary alicyclic amines) is 1. The lowest BCUT2D eigenvalue weighted by Crippen LogP contribution is -2.40. The van der Waals surface area contributed by atoms with Crippen molar-refractivity contribution in [3.05, 3.63) is 27.7 Å². The van der Waals surface area contributed by atoms with Crippen LogP contribution in [-0.4, -0.2) is 27.7 Å². The first kappa shape index (κ1) is 17.1. The lowest BCUT2D eigenvalue weighted by Gasteiger charge is -2.37. The molecule has 2 heterocycles. The fourth-order valence-electron chi connectivity index (χ4n) is 4.00. The van der Waals surface area contributed by atoms with Gasteiger partial charge in [-0.05, 0) is 46.0 Å². The highest BCUT2D eigenvalue weighted by Crippen LogP contribution is 2.28. The molecule has 1 aliphatic rings. The Hall–Kier alpha value is -1.29. The van der Waals surface area contributed by atoms with Crippen molar-refractivity contribution < 1.29 is 5.11 Å². The van der Waals surface area contributed by atoms with Crippen LogP contribution in [-0.2, 0) is 12.1 Å². The Morgan fingerprint density at radius 3 is 2.27 bits per heavy atom. The van der Waals surface area contributed by atoms with Crippen molar-refractivity contribution >= 4 is 0 Å². The van der Waals surface area contributed by atoms with E-state index in [1.165, 1.54) is 12.5 Å². The Morgan fingerprint density at radius 1 is 1.23 bits per heavy atom. The lowest BCUT2D eigenvalue weighted by atomic mass is 9.91. The molecule has 2 rings (SSSR count). The van der Waals surface area contributed by atoms with Crippen LogP contribution < -0.4 is 5.43 Å². The second-order valence-corrected chi connectivity index (χ2v) is 8.09. The SMILES string of the molecule is Cc1cc(=O)c(O)c(CN2CC(C)CC(C)C2)n1C(C)(C)C. The monoisotopic (exact) mass is 306 g/mol. The van der Waals surface area contributed by atoms with Crippen LogP contribution in [0.2, 0.25) is 0 Å². The average molecular weight is 306 g/mol. The molecule has 4 heteroatoms. The molecule has 0 radical (unpaired) electrons.